The third-order valence-electron chi connectivity index (χ3n) is 2.32. The molecule has 1 saturated carbocycles. The van der Waals surface area contributed by atoms with E-state index in [0.29, 0.717) is 13.2 Å². The largest absolute Gasteiger partial charge is 0.396 e. The predicted octanol–water partition coefficient (Wildman–Crippen LogP) is -1.15. The lowest BCUT2D eigenvalue weighted by Gasteiger charge is -2.08. The first-order valence-electron chi connectivity index (χ1n) is 3.77. The van der Waals surface area contributed by atoms with Crippen molar-refractivity contribution in [3.63, 3.8) is 0 Å². The lowest BCUT2D eigenvalue weighted by molar-refractivity contribution is 0.0909. The highest BCUT2D eigenvalue weighted by Gasteiger charge is 2.31. The fourth-order valence-corrected chi connectivity index (χ4v) is 1.60. The second-order valence-corrected chi connectivity index (χ2v) is 3.08. The zero-order valence-corrected chi connectivity index (χ0v) is 6.03. The van der Waals surface area contributed by atoms with Crippen molar-refractivity contribution in [2.45, 2.75) is 24.8 Å². The van der Waals surface area contributed by atoms with Crippen LogP contribution < -0.4 is 5.64 Å². The van der Waals surface area contributed by atoms with E-state index in [2.05, 4.69) is 0 Å². The molecule has 0 radical (unpaired) electrons. The molecule has 0 bridgehead atoms. The average Bonchev–Trinajstić information content (AvgIpc) is 2.30. The van der Waals surface area contributed by atoms with Gasteiger partial charge in [0.15, 0.2) is 0 Å². The molecule has 0 heterocycles. The Hall–Kier alpha value is -0.0551. The first kappa shape index (κ1) is 8.05. The molecule has 1 aliphatic rings. The van der Waals surface area contributed by atoms with Crippen molar-refractivity contribution in [1.82, 2.24) is 0 Å². The second-order valence-electron chi connectivity index (χ2n) is 3.08. The van der Waals surface area contributed by atoms with E-state index >= 15 is 0 Å². The van der Waals surface area contributed by atoms with E-state index in [4.69, 9.17) is 10.8 Å². The Kier molecular flexibility index (Phi) is 2.71. The fourth-order valence-electron chi connectivity index (χ4n) is 1.60. The smallest absolute Gasteiger partial charge is 0.201 e. The minimum atomic E-state index is -0.321. The lowest BCUT2D eigenvalue weighted by atomic mass is 9.75. The molecule has 0 spiro atoms. The molecule has 0 aliphatic heterocycles. The molecule has 58 valence electrons. The Bertz CT molecular complexity index is 112. The molecular weight excluding hydrogens is 129 g/mol. The van der Waals surface area contributed by atoms with Crippen molar-refractivity contribution >= 4 is 7.41 Å². The molecule has 0 aromatic heterocycles. The van der Waals surface area contributed by atoms with Gasteiger partial charge in [0, 0.05) is 12.5 Å². The summed E-state index contributed by atoms with van der Waals surface area (Å²) in [6.45, 7) is 0.0949. The van der Waals surface area contributed by atoms with Crippen LogP contribution in [0.5, 0.6) is 0 Å². The van der Waals surface area contributed by atoms with Crippen LogP contribution in [0, 0.1) is 5.92 Å². The maximum atomic E-state index is 9.27. The Morgan fingerprint density at radius 2 is 2.20 bits per heavy atom. The van der Waals surface area contributed by atoms with Crippen LogP contribution in [0.15, 0.2) is 0 Å². The number of hydrogen-bond acceptors (Lipinski definition) is 3. The molecule has 1 aliphatic carbocycles. The predicted molar refractivity (Wildman–Crippen MR) is 40.9 cm³/mol. The SMILES string of the molecule is NB[C@@H]1CC(O)[C@H](CO)C1. The van der Waals surface area contributed by atoms with Crippen LogP contribution in [0.3, 0.4) is 0 Å². The highest BCUT2D eigenvalue weighted by molar-refractivity contribution is 6.33. The molecule has 4 heteroatoms. The van der Waals surface area contributed by atoms with Gasteiger partial charge in [-0.1, -0.05) is 0 Å². The van der Waals surface area contributed by atoms with E-state index < -0.39 is 0 Å². The molecule has 0 saturated heterocycles. The van der Waals surface area contributed by atoms with Crippen molar-refractivity contribution < 1.29 is 10.2 Å². The van der Waals surface area contributed by atoms with Crippen LogP contribution in [0.2, 0.25) is 5.82 Å². The highest BCUT2D eigenvalue weighted by Crippen LogP contribution is 2.33. The van der Waals surface area contributed by atoms with Crippen LogP contribution >= 0.6 is 0 Å². The minimum absolute atomic E-state index is 0.0774. The maximum Gasteiger partial charge on any atom is 0.201 e. The molecule has 1 rings (SSSR count). The van der Waals surface area contributed by atoms with E-state index in [1.807, 2.05) is 0 Å². The summed E-state index contributed by atoms with van der Waals surface area (Å²) in [5, 5.41) is 18.0. The first-order chi connectivity index (χ1) is 4.77. The van der Waals surface area contributed by atoms with Crippen LogP contribution in [0.25, 0.3) is 0 Å². The summed E-state index contributed by atoms with van der Waals surface area (Å²) in [5.74, 6) is 0.501. The van der Waals surface area contributed by atoms with Crippen molar-refractivity contribution in [3.8, 4) is 0 Å². The monoisotopic (exact) mass is 143 g/mol. The van der Waals surface area contributed by atoms with Gasteiger partial charge in [0.25, 0.3) is 0 Å². The summed E-state index contributed by atoms with van der Waals surface area (Å²) in [6.07, 6.45) is 1.33. The normalized spacial score (nSPS) is 40.1. The molecule has 10 heavy (non-hydrogen) atoms. The van der Waals surface area contributed by atoms with Gasteiger partial charge in [0.1, 0.15) is 0 Å². The summed E-state index contributed by atoms with van der Waals surface area (Å²) in [7, 11) is 0.632. The zero-order chi connectivity index (χ0) is 7.56. The van der Waals surface area contributed by atoms with Gasteiger partial charge in [-0.05, 0) is 18.7 Å². The first-order valence-corrected chi connectivity index (χ1v) is 3.77. The van der Waals surface area contributed by atoms with Gasteiger partial charge in [0.2, 0.25) is 7.41 Å². The van der Waals surface area contributed by atoms with Gasteiger partial charge in [-0.3, -0.25) is 0 Å². The molecule has 4 N–H and O–H groups in total. The van der Waals surface area contributed by atoms with Crippen LogP contribution in [0.4, 0.5) is 0 Å². The van der Waals surface area contributed by atoms with Gasteiger partial charge >= 0.3 is 0 Å². The van der Waals surface area contributed by atoms with Crippen LogP contribution in [-0.4, -0.2) is 30.3 Å². The zero-order valence-electron chi connectivity index (χ0n) is 6.03. The molecular formula is C6H14BNO2. The highest BCUT2D eigenvalue weighted by atomic mass is 16.3. The third-order valence-corrected chi connectivity index (χ3v) is 2.32. The minimum Gasteiger partial charge on any atom is -0.396 e. The standard InChI is InChI=1S/C6H14BNO2/c8-7-5-1-4(3-9)6(10)2-5/h4-7,9-10H,1-3,8H2/t4-,5-,6?/m0/s1. The molecule has 0 aromatic carbocycles. The van der Waals surface area contributed by atoms with Gasteiger partial charge < -0.3 is 15.9 Å². The summed E-state index contributed by atoms with van der Waals surface area (Å²) in [4.78, 5) is 0. The Balaban J connectivity index is 2.36. The van der Waals surface area contributed by atoms with E-state index in [9.17, 15) is 5.11 Å². The van der Waals surface area contributed by atoms with Crippen molar-refractivity contribution in [2.24, 2.45) is 11.6 Å². The van der Waals surface area contributed by atoms with E-state index in [0.717, 1.165) is 12.8 Å². The number of aliphatic hydroxyl groups excluding tert-OH is 2. The van der Waals surface area contributed by atoms with Crippen LogP contribution in [0.1, 0.15) is 12.8 Å². The number of rotatable bonds is 2. The number of hydrogen-bond donors (Lipinski definition) is 3. The number of aliphatic hydroxyl groups is 2. The van der Waals surface area contributed by atoms with Crippen LogP contribution in [-0.2, 0) is 0 Å². The topological polar surface area (TPSA) is 66.5 Å². The Morgan fingerprint density at radius 3 is 2.50 bits per heavy atom. The third kappa shape index (κ3) is 1.51. The summed E-state index contributed by atoms with van der Waals surface area (Å²) in [5.41, 5.74) is 5.42. The second kappa shape index (κ2) is 3.37. The molecule has 1 fully saturated rings. The van der Waals surface area contributed by atoms with E-state index in [1.54, 1.807) is 0 Å². The van der Waals surface area contributed by atoms with Gasteiger partial charge in [-0.15, -0.1) is 0 Å². The fraction of sp³-hybridized carbons (Fsp3) is 1.00. The van der Waals surface area contributed by atoms with Crippen molar-refractivity contribution in [2.75, 3.05) is 6.61 Å². The number of nitrogens with two attached hydrogens (primary N) is 1. The summed E-state index contributed by atoms with van der Waals surface area (Å²) >= 11 is 0. The molecule has 3 atom stereocenters. The van der Waals surface area contributed by atoms with Gasteiger partial charge in [-0.2, -0.15) is 0 Å². The van der Waals surface area contributed by atoms with Crippen molar-refractivity contribution in [1.29, 1.82) is 0 Å². The van der Waals surface area contributed by atoms with Crippen molar-refractivity contribution in [3.05, 3.63) is 0 Å². The van der Waals surface area contributed by atoms with Gasteiger partial charge in [0.05, 0.1) is 6.10 Å². The van der Waals surface area contributed by atoms with E-state index in [1.165, 1.54) is 0 Å². The lowest BCUT2D eigenvalue weighted by Crippen LogP contribution is -2.16. The maximum absolute atomic E-state index is 9.27. The molecule has 1 unspecified atom stereocenters. The Morgan fingerprint density at radius 1 is 1.50 bits per heavy atom. The molecule has 0 amide bonds. The Labute approximate surface area is 61.5 Å². The quantitative estimate of drug-likeness (QED) is 0.427. The summed E-state index contributed by atoms with van der Waals surface area (Å²) < 4.78 is 0. The average molecular weight is 143 g/mol. The molecule has 3 nitrogen and oxygen atoms in total. The summed E-state index contributed by atoms with van der Waals surface area (Å²) in [6, 6.07) is 0. The van der Waals surface area contributed by atoms with E-state index in [-0.39, 0.29) is 18.6 Å². The van der Waals surface area contributed by atoms with Gasteiger partial charge in [-0.25, -0.2) is 0 Å². The molecule has 0 aromatic rings.